The SMILES string of the molecule is CCCCCCCCC1(N)C=CC(=C2C=CC(N)(CCCCCCCC)C=C2Oc2cc(N)ccc2-c2ccc(N)cc2)C=C1. The Morgan fingerprint density at radius 3 is 1.76 bits per heavy atom. The summed E-state index contributed by atoms with van der Waals surface area (Å²) in [7, 11) is 0. The zero-order valence-corrected chi connectivity index (χ0v) is 27.7. The average Bonchev–Trinajstić information content (AvgIpc) is 3.02. The Balaban J connectivity index is 1.59. The molecule has 5 nitrogen and oxygen atoms in total. The molecule has 0 fully saturated rings. The summed E-state index contributed by atoms with van der Waals surface area (Å²) < 4.78 is 6.80. The van der Waals surface area contributed by atoms with Gasteiger partial charge in [0.15, 0.2) is 0 Å². The van der Waals surface area contributed by atoms with Crippen LogP contribution < -0.4 is 27.7 Å². The number of ether oxygens (including phenoxy) is 1. The molecule has 0 aromatic heterocycles. The summed E-state index contributed by atoms with van der Waals surface area (Å²) in [6.07, 6.45) is 31.6. The van der Waals surface area contributed by atoms with E-state index in [2.05, 4.69) is 56.4 Å². The van der Waals surface area contributed by atoms with Gasteiger partial charge in [-0.2, -0.15) is 0 Å². The highest BCUT2D eigenvalue weighted by Crippen LogP contribution is 2.38. The maximum Gasteiger partial charge on any atom is 0.137 e. The van der Waals surface area contributed by atoms with Gasteiger partial charge in [0.25, 0.3) is 0 Å². The largest absolute Gasteiger partial charge is 0.456 e. The summed E-state index contributed by atoms with van der Waals surface area (Å²) in [5.41, 5.74) is 30.4. The third kappa shape index (κ3) is 10.2. The average molecular weight is 609 g/mol. The molecule has 0 spiro atoms. The Kier molecular flexibility index (Phi) is 12.7. The van der Waals surface area contributed by atoms with Gasteiger partial charge in [0.05, 0.1) is 11.1 Å². The second-order valence-electron chi connectivity index (χ2n) is 13.1. The van der Waals surface area contributed by atoms with Gasteiger partial charge in [-0.05, 0) is 54.3 Å². The Morgan fingerprint density at radius 2 is 1.13 bits per heavy atom. The van der Waals surface area contributed by atoms with E-state index in [1.54, 1.807) is 0 Å². The lowest BCUT2D eigenvalue weighted by Gasteiger charge is -2.30. The molecule has 0 bridgehead atoms. The van der Waals surface area contributed by atoms with Crippen molar-refractivity contribution in [3.05, 3.63) is 102 Å². The lowest BCUT2D eigenvalue weighted by Crippen LogP contribution is -2.38. The van der Waals surface area contributed by atoms with E-state index >= 15 is 0 Å². The van der Waals surface area contributed by atoms with Crippen molar-refractivity contribution in [1.29, 1.82) is 0 Å². The van der Waals surface area contributed by atoms with Gasteiger partial charge in [0.2, 0.25) is 0 Å². The molecular formula is C40H56N4O. The number of nitrogens with two attached hydrogens (primary N) is 4. The third-order valence-corrected chi connectivity index (χ3v) is 9.06. The second-order valence-corrected chi connectivity index (χ2v) is 13.1. The van der Waals surface area contributed by atoms with Crippen LogP contribution in [0.2, 0.25) is 0 Å². The first-order valence-corrected chi connectivity index (χ1v) is 17.3. The summed E-state index contributed by atoms with van der Waals surface area (Å²) in [5.74, 6) is 1.42. The Morgan fingerprint density at radius 1 is 0.600 bits per heavy atom. The molecule has 0 heterocycles. The van der Waals surface area contributed by atoms with E-state index < -0.39 is 11.1 Å². The van der Waals surface area contributed by atoms with E-state index in [-0.39, 0.29) is 0 Å². The fourth-order valence-corrected chi connectivity index (χ4v) is 6.18. The fourth-order valence-electron chi connectivity index (χ4n) is 6.18. The van der Waals surface area contributed by atoms with Gasteiger partial charge in [-0.25, -0.2) is 0 Å². The van der Waals surface area contributed by atoms with Crippen molar-refractivity contribution in [2.45, 2.75) is 115 Å². The van der Waals surface area contributed by atoms with E-state index in [9.17, 15) is 0 Å². The molecule has 45 heavy (non-hydrogen) atoms. The summed E-state index contributed by atoms with van der Waals surface area (Å²) in [4.78, 5) is 0. The number of hydrogen-bond acceptors (Lipinski definition) is 5. The number of hydrogen-bond donors (Lipinski definition) is 4. The van der Waals surface area contributed by atoms with Crippen LogP contribution in [0.25, 0.3) is 11.1 Å². The highest BCUT2D eigenvalue weighted by molar-refractivity contribution is 5.74. The van der Waals surface area contributed by atoms with Crippen molar-refractivity contribution in [3.63, 3.8) is 0 Å². The number of rotatable bonds is 17. The topological polar surface area (TPSA) is 113 Å². The van der Waals surface area contributed by atoms with Crippen molar-refractivity contribution in [2.24, 2.45) is 11.5 Å². The lowest BCUT2D eigenvalue weighted by molar-refractivity contribution is 0.419. The Bertz CT molecular complexity index is 1380. The van der Waals surface area contributed by atoms with Crippen molar-refractivity contribution >= 4 is 11.4 Å². The van der Waals surface area contributed by atoms with Gasteiger partial charge in [0.1, 0.15) is 11.5 Å². The standard InChI is InChI=1S/C40H56N4O/c1-3-5-7-9-11-13-24-39(43)26-21-32(22-27-39)36-23-28-40(44,25-14-12-10-8-6-4-2)30-38(36)45-37-29-34(42)19-20-35(37)31-15-17-33(41)18-16-31/h15-23,26-30H,3-14,24-25,41-44H2,1-2H3. The maximum absolute atomic E-state index is 7.01. The highest BCUT2D eigenvalue weighted by atomic mass is 16.5. The molecule has 5 heteroatoms. The van der Waals surface area contributed by atoms with Crippen LogP contribution in [0.5, 0.6) is 5.75 Å². The quantitative estimate of drug-likeness (QED) is 0.105. The van der Waals surface area contributed by atoms with Crippen LogP contribution in [0, 0.1) is 0 Å². The summed E-state index contributed by atoms with van der Waals surface area (Å²) in [5, 5.41) is 0. The Labute approximate surface area is 272 Å². The zero-order chi connectivity index (χ0) is 32.1. The van der Waals surface area contributed by atoms with Gasteiger partial charge in [-0.15, -0.1) is 0 Å². The van der Waals surface area contributed by atoms with Crippen LogP contribution in [-0.4, -0.2) is 11.1 Å². The Hall–Kier alpha value is -3.54. The minimum absolute atomic E-state index is 0.427. The normalized spacial score (nSPS) is 20.9. The van der Waals surface area contributed by atoms with Gasteiger partial charge < -0.3 is 27.7 Å². The molecule has 1 unspecified atom stereocenters. The first kappa shape index (κ1) is 34.3. The number of allylic oxidation sites excluding steroid dienone is 4. The van der Waals surface area contributed by atoms with Gasteiger partial charge in [-0.3, -0.25) is 0 Å². The van der Waals surface area contributed by atoms with Gasteiger partial charge in [0, 0.05) is 28.6 Å². The highest BCUT2D eigenvalue weighted by Gasteiger charge is 2.28. The van der Waals surface area contributed by atoms with Crippen molar-refractivity contribution in [2.75, 3.05) is 11.5 Å². The van der Waals surface area contributed by atoms with Crippen LogP contribution >= 0.6 is 0 Å². The van der Waals surface area contributed by atoms with E-state index in [1.165, 1.54) is 64.2 Å². The monoisotopic (exact) mass is 608 g/mol. The van der Waals surface area contributed by atoms with Crippen LogP contribution in [0.3, 0.4) is 0 Å². The molecule has 2 aromatic carbocycles. The van der Waals surface area contributed by atoms with E-state index in [0.717, 1.165) is 59.4 Å². The summed E-state index contributed by atoms with van der Waals surface area (Å²) in [6.45, 7) is 4.50. The van der Waals surface area contributed by atoms with Crippen molar-refractivity contribution in [3.8, 4) is 16.9 Å². The molecule has 0 saturated heterocycles. The van der Waals surface area contributed by atoms with Crippen molar-refractivity contribution < 1.29 is 4.74 Å². The van der Waals surface area contributed by atoms with Crippen LogP contribution in [0.4, 0.5) is 11.4 Å². The van der Waals surface area contributed by atoms with Crippen LogP contribution in [0.1, 0.15) is 104 Å². The molecular weight excluding hydrogens is 552 g/mol. The van der Waals surface area contributed by atoms with E-state index in [1.807, 2.05) is 42.5 Å². The number of benzene rings is 2. The molecule has 2 aliphatic carbocycles. The summed E-state index contributed by atoms with van der Waals surface area (Å²) >= 11 is 0. The molecule has 0 radical (unpaired) electrons. The molecule has 1 atom stereocenters. The molecule has 0 saturated carbocycles. The molecule has 242 valence electrons. The molecule has 8 N–H and O–H groups in total. The predicted molar refractivity (Wildman–Crippen MR) is 194 cm³/mol. The lowest BCUT2D eigenvalue weighted by atomic mass is 9.83. The van der Waals surface area contributed by atoms with Crippen molar-refractivity contribution in [1.82, 2.24) is 0 Å². The first-order chi connectivity index (χ1) is 21.7. The van der Waals surface area contributed by atoms with Crippen LogP contribution in [0.15, 0.2) is 102 Å². The number of unbranched alkanes of at least 4 members (excludes halogenated alkanes) is 10. The van der Waals surface area contributed by atoms with E-state index in [0.29, 0.717) is 11.4 Å². The smallest absolute Gasteiger partial charge is 0.137 e. The zero-order valence-electron chi connectivity index (χ0n) is 27.7. The minimum atomic E-state index is -0.594. The van der Waals surface area contributed by atoms with E-state index in [4.69, 9.17) is 27.7 Å². The molecule has 0 aliphatic heterocycles. The molecule has 2 aromatic rings. The van der Waals surface area contributed by atoms with Crippen LogP contribution in [-0.2, 0) is 0 Å². The number of nitrogen functional groups attached to an aromatic ring is 2. The second kappa shape index (κ2) is 16.7. The number of anilines is 2. The van der Waals surface area contributed by atoms with Gasteiger partial charge >= 0.3 is 0 Å². The molecule has 0 amide bonds. The molecule has 2 aliphatic rings. The summed E-state index contributed by atoms with van der Waals surface area (Å²) in [6, 6.07) is 13.6. The minimum Gasteiger partial charge on any atom is -0.456 e. The fraction of sp³-hybridized carbons (Fsp3) is 0.450. The third-order valence-electron chi connectivity index (χ3n) is 9.06. The van der Waals surface area contributed by atoms with Gasteiger partial charge in [-0.1, -0.05) is 139 Å². The first-order valence-electron chi connectivity index (χ1n) is 17.3. The molecule has 4 rings (SSSR count). The maximum atomic E-state index is 7.01. The predicted octanol–water partition coefficient (Wildman–Crippen LogP) is 9.67.